The molecule has 1 heterocycles. The number of halogens is 4. The lowest BCUT2D eigenvalue weighted by Gasteiger charge is -2.12. The molecule has 0 saturated heterocycles. The van der Waals surface area contributed by atoms with Gasteiger partial charge in [-0.2, -0.15) is 13.2 Å². The van der Waals surface area contributed by atoms with Crippen LogP contribution in [0.25, 0.3) is 11.4 Å². The first-order valence-electron chi connectivity index (χ1n) is 6.60. The Morgan fingerprint density at radius 1 is 1.10 bits per heavy atom. The van der Waals surface area contributed by atoms with Crippen molar-refractivity contribution in [3.05, 3.63) is 41.7 Å². The summed E-state index contributed by atoms with van der Waals surface area (Å²) in [6, 6.07) is 6.99. The third kappa shape index (κ3) is 3.40. The number of nitrogens with zero attached hydrogens (tertiary/aromatic N) is 2. The smallest absolute Gasteiger partial charge is 0.328 e. The third-order valence-corrected chi connectivity index (χ3v) is 3.46. The number of alkyl halides is 4. The monoisotopic (exact) mass is 316 g/mol. The van der Waals surface area contributed by atoms with Gasteiger partial charge in [0, 0.05) is 17.8 Å². The van der Waals surface area contributed by atoms with E-state index in [0.29, 0.717) is 11.4 Å². The van der Waals surface area contributed by atoms with Crippen molar-refractivity contribution in [1.29, 1.82) is 0 Å². The molecule has 114 valence electrons. The molecule has 0 aliphatic heterocycles. The van der Waals surface area contributed by atoms with Crippen LogP contribution < -0.4 is 0 Å². The van der Waals surface area contributed by atoms with Crippen LogP contribution in [0.4, 0.5) is 13.2 Å². The van der Waals surface area contributed by atoms with E-state index in [-0.39, 0.29) is 11.4 Å². The van der Waals surface area contributed by atoms with Crippen molar-refractivity contribution in [3.8, 4) is 11.4 Å². The van der Waals surface area contributed by atoms with E-state index in [1.54, 1.807) is 24.3 Å². The van der Waals surface area contributed by atoms with Crippen LogP contribution in [-0.2, 0) is 6.18 Å². The average Bonchev–Trinajstić information content (AvgIpc) is 2.83. The summed E-state index contributed by atoms with van der Waals surface area (Å²) in [4.78, 5) is 3.75. The predicted octanol–water partition coefficient (Wildman–Crippen LogP) is 5.45. The van der Waals surface area contributed by atoms with E-state index < -0.39 is 11.9 Å². The molecule has 0 fully saturated rings. The van der Waals surface area contributed by atoms with Gasteiger partial charge < -0.3 is 4.57 Å². The van der Waals surface area contributed by atoms with Crippen LogP contribution >= 0.6 is 11.6 Å². The van der Waals surface area contributed by atoms with Crippen molar-refractivity contribution in [2.75, 3.05) is 0 Å². The van der Waals surface area contributed by atoms with E-state index in [1.807, 2.05) is 20.8 Å². The summed E-state index contributed by atoms with van der Waals surface area (Å²) in [5.41, 5.74) is 0.681. The van der Waals surface area contributed by atoms with Gasteiger partial charge in [-0.3, -0.25) is 0 Å². The molecule has 0 amide bonds. The van der Waals surface area contributed by atoms with Crippen LogP contribution in [0.3, 0.4) is 0 Å². The van der Waals surface area contributed by atoms with Crippen molar-refractivity contribution in [3.63, 3.8) is 0 Å². The number of aromatic nitrogens is 2. The largest absolute Gasteiger partial charge is 0.434 e. The van der Waals surface area contributed by atoms with Gasteiger partial charge in [-0.25, -0.2) is 4.98 Å². The zero-order chi connectivity index (χ0) is 15.8. The standard InChI is InChI=1S/C15H16ClF3N2/c1-9(2)21-8-13(15(17,18)19)20-14(21)12-6-4-11(5-7-12)10(3)16/h4-10H,1-3H3. The van der Waals surface area contributed by atoms with Crippen LogP contribution in [0.1, 0.15) is 43.4 Å². The SMILES string of the molecule is CC(Cl)c1ccc(-c2nc(C(F)(F)F)cn2C(C)C)cc1. The Labute approximate surface area is 126 Å². The number of benzene rings is 1. The Kier molecular flexibility index (Phi) is 4.33. The summed E-state index contributed by atoms with van der Waals surface area (Å²) in [6.45, 7) is 5.48. The second-order valence-corrected chi connectivity index (χ2v) is 5.84. The molecule has 0 aliphatic carbocycles. The topological polar surface area (TPSA) is 17.8 Å². The summed E-state index contributed by atoms with van der Waals surface area (Å²) >= 11 is 5.98. The maximum atomic E-state index is 12.8. The molecule has 1 aromatic carbocycles. The van der Waals surface area contributed by atoms with Gasteiger partial charge in [-0.1, -0.05) is 24.3 Å². The first kappa shape index (κ1) is 15.9. The molecule has 1 unspecified atom stereocenters. The fourth-order valence-electron chi connectivity index (χ4n) is 2.03. The van der Waals surface area contributed by atoms with Crippen molar-refractivity contribution >= 4 is 11.6 Å². The van der Waals surface area contributed by atoms with Gasteiger partial charge in [0.2, 0.25) is 0 Å². The average molecular weight is 317 g/mol. The third-order valence-electron chi connectivity index (χ3n) is 3.21. The highest BCUT2D eigenvalue weighted by Crippen LogP contribution is 2.33. The van der Waals surface area contributed by atoms with Gasteiger partial charge >= 0.3 is 6.18 Å². The van der Waals surface area contributed by atoms with Crippen molar-refractivity contribution < 1.29 is 13.2 Å². The van der Waals surface area contributed by atoms with E-state index in [2.05, 4.69) is 4.98 Å². The molecule has 0 N–H and O–H groups in total. The lowest BCUT2D eigenvalue weighted by molar-refractivity contribution is -0.140. The van der Waals surface area contributed by atoms with Crippen LogP contribution in [0.2, 0.25) is 0 Å². The quantitative estimate of drug-likeness (QED) is 0.688. The van der Waals surface area contributed by atoms with Gasteiger partial charge in [0.25, 0.3) is 0 Å². The molecule has 0 aliphatic rings. The Morgan fingerprint density at radius 3 is 2.10 bits per heavy atom. The van der Waals surface area contributed by atoms with E-state index in [4.69, 9.17) is 11.6 Å². The van der Waals surface area contributed by atoms with Gasteiger partial charge in [0.05, 0.1) is 5.38 Å². The number of rotatable bonds is 3. The fourth-order valence-corrected chi connectivity index (χ4v) is 2.18. The Bertz CT molecular complexity index is 613. The first-order valence-corrected chi connectivity index (χ1v) is 7.04. The lowest BCUT2D eigenvalue weighted by atomic mass is 10.1. The van der Waals surface area contributed by atoms with E-state index >= 15 is 0 Å². The highest BCUT2D eigenvalue weighted by molar-refractivity contribution is 6.20. The molecule has 6 heteroatoms. The molecule has 0 bridgehead atoms. The van der Waals surface area contributed by atoms with Gasteiger partial charge in [0.15, 0.2) is 5.69 Å². The fraction of sp³-hybridized carbons (Fsp3) is 0.400. The predicted molar refractivity (Wildman–Crippen MR) is 77.3 cm³/mol. The highest BCUT2D eigenvalue weighted by atomic mass is 35.5. The molecule has 2 aromatic rings. The molecule has 21 heavy (non-hydrogen) atoms. The summed E-state index contributed by atoms with van der Waals surface area (Å²) in [6.07, 6.45) is -3.39. The lowest BCUT2D eigenvalue weighted by Crippen LogP contribution is -2.05. The number of imidazole rings is 1. The Morgan fingerprint density at radius 2 is 1.67 bits per heavy atom. The van der Waals surface area contributed by atoms with Crippen LogP contribution in [0, 0.1) is 0 Å². The van der Waals surface area contributed by atoms with E-state index in [9.17, 15) is 13.2 Å². The molecular weight excluding hydrogens is 301 g/mol. The number of hydrogen-bond donors (Lipinski definition) is 0. The molecule has 1 aromatic heterocycles. The van der Waals surface area contributed by atoms with Crippen LogP contribution in [-0.4, -0.2) is 9.55 Å². The maximum Gasteiger partial charge on any atom is 0.434 e. The molecular formula is C15H16ClF3N2. The molecule has 2 rings (SSSR count). The molecule has 0 saturated carbocycles. The Hall–Kier alpha value is -1.49. The van der Waals surface area contributed by atoms with Crippen molar-refractivity contribution in [2.45, 2.75) is 38.4 Å². The molecule has 2 nitrogen and oxygen atoms in total. The minimum absolute atomic E-state index is 0.116. The first-order chi connectivity index (χ1) is 9.70. The molecule has 0 spiro atoms. The van der Waals surface area contributed by atoms with Gasteiger partial charge in [0.1, 0.15) is 5.82 Å². The Balaban J connectivity index is 2.49. The molecule has 0 radical (unpaired) electrons. The zero-order valence-electron chi connectivity index (χ0n) is 11.9. The van der Waals surface area contributed by atoms with Crippen molar-refractivity contribution in [2.24, 2.45) is 0 Å². The summed E-state index contributed by atoms with van der Waals surface area (Å²) in [7, 11) is 0. The van der Waals surface area contributed by atoms with Gasteiger partial charge in [-0.05, 0) is 26.3 Å². The second kappa shape index (κ2) is 5.72. The zero-order valence-corrected chi connectivity index (χ0v) is 12.7. The highest BCUT2D eigenvalue weighted by Gasteiger charge is 2.35. The minimum atomic E-state index is -4.44. The summed E-state index contributed by atoms with van der Waals surface area (Å²) in [5.74, 6) is 0.311. The van der Waals surface area contributed by atoms with E-state index in [1.165, 1.54) is 4.57 Å². The minimum Gasteiger partial charge on any atom is -0.328 e. The summed E-state index contributed by atoms with van der Waals surface area (Å²) < 4.78 is 40.0. The summed E-state index contributed by atoms with van der Waals surface area (Å²) in [5, 5.41) is -0.144. The van der Waals surface area contributed by atoms with Crippen LogP contribution in [0.5, 0.6) is 0 Å². The maximum absolute atomic E-state index is 12.8. The van der Waals surface area contributed by atoms with Crippen molar-refractivity contribution in [1.82, 2.24) is 9.55 Å². The number of hydrogen-bond acceptors (Lipinski definition) is 1. The molecule has 1 atom stereocenters. The normalized spacial score (nSPS) is 13.7. The second-order valence-electron chi connectivity index (χ2n) is 5.19. The van der Waals surface area contributed by atoms with E-state index in [0.717, 1.165) is 11.8 Å². The van der Waals surface area contributed by atoms with Gasteiger partial charge in [-0.15, -0.1) is 11.6 Å². The van der Waals surface area contributed by atoms with Crippen LogP contribution in [0.15, 0.2) is 30.5 Å².